The van der Waals surface area contributed by atoms with Gasteiger partial charge < -0.3 is 19.7 Å². The van der Waals surface area contributed by atoms with E-state index in [0.717, 1.165) is 25.0 Å². The molecule has 0 spiro atoms. The van der Waals surface area contributed by atoms with Crippen molar-refractivity contribution >= 4 is 17.7 Å². The van der Waals surface area contributed by atoms with Gasteiger partial charge in [0.05, 0.1) is 18.2 Å². The topological polar surface area (TPSA) is 67.9 Å². The molecule has 6 nitrogen and oxygen atoms in total. The molecule has 1 fully saturated rings. The van der Waals surface area contributed by atoms with E-state index in [9.17, 15) is 22.8 Å². The number of methoxy groups -OCH3 is 1. The highest BCUT2D eigenvalue weighted by Crippen LogP contribution is 2.36. The Morgan fingerprint density at radius 2 is 1.84 bits per heavy atom. The molecule has 0 aliphatic carbocycles. The molecule has 31 heavy (non-hydrogen) atoms. The van der Waals surface area contributed by atoms with Gasteiger partial charge in [-0.05, 0) is 71.1 Å². The van der Waals surface area contributed by atoms with Crippen molar-refractivity contribution in [3.05, 3.63) is 29.3 Å². The summed E-state index contributed by atoms with van der Waals surface area (Å²) >= 11 is 0. The number of anilines is 1. The van der Waals surface area contributed by atoms with Gasteiger partial charge in [0.2, 0.25) is 0 Å². The number of esters is 1. The Morgan fingerprint density at radius 3 is 2.42 bits per heavy atom. The fraction of sp³-hybridized carbons (Fsp3) is 0.636. The van der Waals surface area contributed by atoms with Crippen LogP contribution in [0.3, 0.4) is 0 Å². The van der Waals surface area contributed by atoms with Crippen molar-refractivity contribution in [2.24, 2.45) is 5.92 Å². The molecule has 9 heteroatoms. The maximum atomic E-state index is 13.5. The molecule has 2 rings (SSSR count). The summed E-state index contributed by atoms with van der Waals surface area (Å²) in [6.07, 6.45) is -2.83. The summed E-state index contributed by atoms with van der Waals surface area (Å²) in [5.41, 5.74) is -1.54. The van der Waals surface area contributed by atoms with E-state index in [1.54, 1.807) is 25.7 Å². The number of amides is 1. The Morgan fingerprint density at radius 1 is 1.16 bits per heavy atom. The zero-order chi connectivity index (χ0) is 23.4. The molecule has 2 atom stereocenters. The van der Waals surface area contributed by atoms with Crippen LogP contribution in [0.2, 0.25) is 0 Å². The summed E-state index contributed by atoms with van der Waals surface area (Å²) < 4.78 is 50.5. The van der Waals surface area contributed by atoms with Gasteiger partial charge in [-0.1, -0.05) is 0 Å². The molecule has 1 aliphatic rings. The first-order chi connectivity index (χ1) is 14.3. The number of carbonyl (C=O) groups is 2. The van der Waals surface area contributed by atoms with Gasteiger partial charge in [-0.2, -0.15) is 13.2 Å². The predicted octanol–water partition coefficient (Wildman–Crippen LogP) is 5.33. The number of hydrogen-bond donors (Lipinski definition) is 1. The van der Waals surface area contributed by atoms with E-state index < -0.39 is 23.3 Å². The van der Waals surface area contributed by atoms with Gasteiger partial charge in [-0.25, -0.2) is 9.59 Å². The van der Waals surface area contributed by atoms with Crippen molar-refractivity contribution in [2.75, 3.05) is 25.5 Å². The quantitative estimate of drug-likeness (QED) is 0.636. The van der Waals surface area contributed by atoms with Crippen LogP contribution in [0.5, 0.6) is 0 Å². The standard InChI is InChI=1S/C22H31F3N2O4/c1-14(15-7-6-11-27(12-10-15)20(29)31-21(2,3)4)26-18-13-16(19(28)30-5)8-9-17(18)22(23,24)25/h8-9,13-15,26H,6-7,10-12H2,1-5H3/t14-,15?/m0/s1. The third-order valence-electron chi connectivity index (χ3n) is 5.26. The normalized spacial score (nSPS) is 18.7. The molecule has 1 aromatic carbocycles. The number of nitrogens with one attached hydrogen (secondary N) is 1. The molecule has 1 N–H and O–H groups in total. The number of rotatable bonds is 4. The number of halogens is 3. The van der Waals surface area contributed by atoms with Crippen molar-refractivity contribution in [3.8, 4) is 0 Å². The molecule has 174 valence electrons. The second kappa shape index (κ2) is 9.78. The Labute approximate surface area is 181 Å². The molecular weight excluding hydrogens is 413 g/mol. The lowest BCUT2D eigenvalue weighted by Gasteiger charge is -2.28. The maximum Gasteiger partial charge on any atom is 0.418 e. The molecule has 0 aromatic heterocycles. The van der Waals surface area contributed by atoms with Crippen molar-refractivity contribution in [1.82, 2.24) is 4.90 Å². The van der Waals surface area contributed by atoms with Crippen molar-refractivity contribution in [3.63, 3.8) is 0 Å². The number of carbonyl (C=O) groups excluding carboxylic acids is 2. The Bertz CT molecular complexity index is 790. The minimum atomic E-state index is -4.56. The van der Waals surface area contributed by atoms with E-state index in [0.29, 0.717) is 19.5 Å². The summed E-state index contributed by atoms with van der Waals surface area (Å²) in [6, 6.07) is 2.87. The molecule has 1 saturated heterocycles. The van der Waals surface area contributed by atoms with Crippen LogP contribution in [0, 0.1) is 5.92 Å². The van der Waals surface area contributed by atoms with E-state index in [2.05, 4.69) is 10.1 Å². The van der Waals surface area contributed by atoms with Crippen LogP contribution in [-0.4, -0.2) is 48.8 Å². The molecule has 1 heterocycles. The Balaban J connectivity index is 2.13. The zero-order valence-electron chi connectivity index (χ0n) is 18.6. The molecule has 1 aromatic rings. The lowest BCUT2D eigenvalue weighted by atomic mass is 9.92. The number of alkyl halides is 3. The molecular formula is C22H31F3N2O4. The smallest absolute Gasteiger partial charge is 0.418 e. The van der Waals surface area contributed by atoms with Crippen molar-refractivity contribution in [1.29, 1.82) is 0 Å². The fourth-order valence-corrected chi connectivity index (χ4v) is 3.65. The van der Waals surface area contributed by atoms with Crippen molar-refractivity contribution < 1.29 is 32.2 Å². The second-order valence-electron chi connectivity index (χ2n) is 8.84. The zero-order valence-corrected chi connectivity index (χ0v) is 18.6. The van der Waals surface area contributed by atoms with Gasteiger partial charge in [0.25, 0.3) is 0 Å². The van der Waals surface area contributed by atoms with E-state index in [1.807, 2.05) is 6.92 Å². The van der Waals surface area contributed by atoms with E-state index in [4.69, 9.17) is 4.74 Å². The van der Waals surface area contributed by atoms with Gasteiger partial charge in [0.1, 0.15) is 5.60 Å². The largest absolute Gasteiger partial charge is 0.465 e. The maximum absolute atomic E-state index is 13.5. The van der Waals surface area contributed by atoms with Gasteiger partial charge in [0, 0.05) is 24.8 Å². The highest BCUT2D eigenvalue weighted by atomic mass is 19.4. The molecule has 1 aliphatic heterocycles. The number of ether oxygens (including phenoxy) is 2. The van der Waals surface area contributed by atoms with Crippen LogP contribution in [-0.2, 0) is 15.7 Å². The summed E-state index contributed by atoms with van der Waals surface area (Å²) in [4.78, 5) is 25.8. The van der Waals surface area contributed by atoms with Crippen LogP contribution in [0.25, 0.3) is 0 Å². The van der Waals surface area contributed by atoms with Crippen LogP contribution in [0.1, 0.15) is 62.9 Å². The third kappa shape index (κ3) is 7.04. The van der Waals surface area contributed by atoms with Crippen LogP contribution in [0.4, 0.5) is 23.7 Å². The van der Waals surface area contributed by atoms with E-state index in [1.165, 1.54) is 13.2 Å². The highest BCUT2D eigenvalue weighted by molar-refractivity contribution is 5.90. The number of hydrogen-bond acceptors (Lipinski definition) is 5. The Kier molecular flexibility index (Phi) is 7.83. The minimum Gasteiger partial charge on any atom is -0.465 e. The summed E-state index contributed by atoms with van der Waals surface area (Å²) in [6.45, 7) is 8.25. The van der Waals surface area contributed by atoms with Crippen molar-refractivity contribution in [2.45, 2.75) is 64.8 Å². The van der Waals surface area contributed by atoms with Crippen LogP contribution in [0.15, 0.2) is 18.2 Å². The predicted molar refractivity (Wildman–Crippen MR) is 111 cm³/mol. The summed E-state index contributed by atoms with van der Waals surface area (Å²) in [7, 11) is 1.18. The number of benzene rings is 1. The molecule has 0 saturated carbocycles. The van der Waals surface area contributed by atoms with Crippen LogP contribution < -0.4 is 5.32 Å². The average molecular weight is 444 g/mol. The first-order valence-corrected chi connectivity index (χ1v) is 10.4. The SMILES string of the molecule is COC(=O)c1ccc(C(F)(F)F)c(N[C@@H](C)C2CCCN(C(=O)OC(C)(C)C)CC2)c1. The fourth-order valence-electron chi connectivity index (χ4n) is 3.65. The summed E-state index contributed by atoms with van der Waals surface area (Å²) in [5.74, 6) is -0.651. The highest BCUT2D eigenvalue weighted by Gasteiger charge is 2.35. The molecule has 0 radical (unpaired) electrons. The summed E-state index contributed by atoms with van der Waals surface area (Å²) in [5, 5.41) is 2.95. The van der Waals surface area contributed by atoms with Gasteiger partial charge in [-0.15, -0.1) is 0 Å². The molecule has 0 bridgehead atoms. The minimum absolute atomic E-state index is 0.0437. The first kappa shape index (κ1) is 24.8. The van der Waals surface area contributed by atoms with Gasteiger partial charge in [0.15, 0.2) is 0 Å². The van der Waals surface area contributed by atoms with Gasteiger partial charge in [-0.3, -0.25) is 0 Å². The first-order valence-electron chi connectivity index (χ1n) is 10.4. The average Bonchev–Trinajstić information content (AvgIpc) is 2.91. The second-order valence-corrected chi connectivity index (χ2v) is 8.84. The van der Waals surface area contributed by atoms with E-state index in [-0.39, 0.29) is 29.3 Å². The Hall–Kier alpha value is -2.45. The van der Waals surface area contributed by atoms with Crippen LogP contribution >= 0.6 is 0 Å². The number of nitrogens with zero attached hydrogens (tertiary/aromatic N) is 1. The number of likely N-dealkylation sites (tertiary alicyclic amines) is 1. The lowest BCUT2D eigenvalue weighted by Crippen LogP contribution is -2.37. The molecule has 1 amide bonds. The third-order valence-corrected chi connectivity index (χ3v) is 5.26. The molecule has 1 unspecified atom stereocenters. The lowest BCUT2D eigenvalue weighted by molar-refractivity contribution is -0.137. The van der Waals surface area contributed by atoms with E-state index >= 15 is 0 Å². The van der Waals surface area contributed by atoms with Gasteiger partial charge >= 0.3 is 18.2 Å². The monoisotopic (exact) mass is 444 g/mol.